The first kappa shape index (κ1) is 28.5. The standard InChI is InChI=1S/C30H18F5N5.Pt/c1-29(2,23-15-17-7-3-5-9-19(17)26(36-23)21-11-12-25(31)38-27(21)32)24-16-18-8-4-6-10-20(18)28(37-24)40-14-13-22(39-40)30(33,34)35;/h3-10,12-13,15-16H,1-2H3;/q-2;+2. The minimum Gasteiger partial charge on any atom is -0.343 e. The summed E-state index contributed by atoms with van der Waals surface area (Å²) in [5.41, 5.74) is -0.908. The first-order valence-corrected chi connectivity index (χ1v) is 12.1. The molecule has 0 saturated carbocycles. The van der Waals surface area contributed by atoms with Gasteiger partial charge in [-0.2, -0.15) is 13.2 Å². The van der Waals surface area contributed by atoms with E-state index in [1.807, 2.05) is 50.2 Å². The molecule has 0 fully saturated rings. The molecule has 0 N–H and O–H groups in total. The predicted octanol–water partition coefficient (Wildman–Crippen LogP) is 7.25. The van der Waals surface area contributed by atoms with Gasteiger partial charge in [0.15, 0.2) is 0 Å². The summed E-state index contributed by atoms with van der Waals surface area (Å²) in [6.45, 7) is 3.71. The number of pyridine rings is 3. The molecular formula is C30H18F5N5Pt. The SMILES string of the molecule is CC(C)(c1cc2ccccc2c(-c2[c-]cc(F)nc2F)n1)c1cc2ccccc2c(-n2[c-]cc(C(F)(F)F)n2)n1.[Pt+2]. The molecule has 208 valence electrons. The molecule has 11 heteroatoms. The summed E-state index contributed by atoms with van der Waals surface area (Å²) in [6.07, 6.45) is -2.11. The maximum Gasteiger partial charge on any atom is 2.00 e. The van der Waals surface area contributed by atoms with E-state index < -0.39 is 29.2 Å². The Morgan fingerprint density at radius 1 is 0.756 bits per heavy atom. The molecule has 0 unspecified atom stereocenters. The fourth-order valence-electron chi connectivity index (χ4n) is 4.58. The zero-order valence-electron chi connectivity index (χ0n) is 21.4. The van der Waals surface area contributed by atoms with E-state index in [2.05, 4.69) is 22.3 Å². The zero-order chi connectivity index (χ0) is 28.2. The summed E-state index contributed by atoms with van der Waals surface area (Å²) in [6, 6.07) is 22.3. The Hall–Kier alpha value is -4.04. The van der Waals surface area contributed by atoms with E-state index in [-0.39, 0.29) is 38.1 Å². The van der Waals surface area contributed by atoms with Crippen molar-refractivity contribution in [2.24, 2.45) is 0 Å². The number of aromatic nitrogens is 5. The number of hydrogen-bond acceptors (Lipinski definition) is 4. The fraction of sp³-hybridized carbons (Fsp3) is 0.133. The van der Waals surface area contributed by atoms with Crippen LogP contribution in [0.5, 0.6) is 0 Å². The summed E-state index contributed by atoms with van der Waals surface area (Å²) >= 11 is 0. The van der Waals surface area contributed by atoms with Crippen LogP contribution in [0.15, 0.2) is 72.8 Å². The quantitative estimate of drug-likeness (QED) is 0.109. The molecule has 0 bridgehead atoms. The predicted molar refractivity (Wildman–Crippen MR) is 139 cm³/mol. The Labute approximate surface area is 245 Å². The van der Waals surface area contributed by atoms with Crippen LogP contribution in [-0.4, -0.2) is 24.7 Å². The molecule has 0 aliphatic heterocycles. The van der Waals surface area contributed by atoms with Crippen molar-refractivity contribution in [2.45, 2.75) is 25.4 Å². The topological polar surface area (TPSA) is 56.5 Å². The van der Waals surface area contributed by atoms with Crippen LogP contribution in [-0.2, 0) is 32.7 Å². The first-order valence-electron chi connectivity index (χ1n) is 12.1. The van der Waals surface area contributed by atoms with Crippen LogP contribution >= 0.6 is 0 Å². The van der Waals surface area contributed by atoms with Gasteiger partial charge in [0.05, 0.1) is 11.5 Å². The van der Waals surface area contributed by atoms with Gasteiger partial charge in [-0.1, -0.05) is 66.4 Å². The number of nitrogens with zero attached hydrogens (tertiary/aromatic N) is 5. The molecular weight excluding hydrogens is 720 g/mol. The smallest absolute Gasteiger partial charge is 0.343 e. The van der Waals surface area contributed by atoms with Gasteiger partial charge in [0.1, 0.15) is 11.9 Å². The third-order valence-corrected chi connectivity index (χ3v) is 6.75. The van der Waals surface area contributed by atoms with Crippen molar-refractivity contribution in [2.75, 3.05) is 0 Å². The van der Waals surface area contributed by atoms with Crippen LogP contribution in [0.1, 0.15) is 30.9 Å². The van der Waals surface area contributed by atoms with E-state index in [1.165, 1.54) is 0 Å². The van der Waals surface area contributed by atoms with Gasteiger partial charge in [0, 0.05) is 22.5 Å². The third kappa shape index (κ3) is 5.12. The minimum atomic E-state index is -4.64. The molecule has 41 heavy (non-hydrogen) atoms. The van der Waals surface area contributed by atoms with Crippen molar-refractivity contribution in [1.82, 2.24) is 24.7 Å². The zero-order valence-corrected chi connectivity index (χ0v) is 23.6. The van der Waals surface area contributed by atoms with Crippen LogP contribution in [0.2, 0.25) is 0 Å². The van der Waals surface area contributed by atoms with Gasteiger partial charge < -0.3 is 4.68 Å². The maximum absolute atomic E-state index is 14.8. The maximum atomic E-state index is 14.8. The van der Waals surface area contributed by atoms with Crippen molar-refractivity contribution in [3.63, 3.8) is 0 Å². The summed E-state index contributed by atoms with van der Waals surface area (Å²) in [5.74, 6) is -1.88. The second kappa shape index (κ2) is 10.4. The molecule has 0 radical (unpaired) electrons. The van der Waals surface area contributed by atoms with Gasteiger partial charge in [0.2, 0.25) is 0 Å². The number of fused-ring (bicyclic) bond motifs is 2. The van der Waals surface area contributed by atoms with Gasteiger partial charge in [-0.15, -0.1) is 12.1 Å². The molecule has 6 aromatic rings. The molecule has 5 nitrogen and oxygen atoms in total. The summed E-state index contributed by atoms with van der Waals surface area (Å²) in [4.78, 5) is 12.8. The Bertz CT molecular complexity index is 1920. The second-order valence-corrected chi connectivity index (χ2v) is 9.71. The average molecular weight is 739 g/mol. The Morgan fingerprint density at radius 2 is 1.37 bits per heavy atom. The summed E-state index contributed by atoms with van der Waals surface area (Å²) in [5, 5.41) is 6.34. The van der Waals surface area contributed by atoms with Gasteiger partial charge in [-0.05, 0) is 47.5 Å². The van der Waals surface area contributed by atoms with E-state index in [0.717, 1.165) is 27.6 Å². The Morgan fingerprint density at radius 3 is 2.00 bits per heavy atom. The van der Waals surface area contributed by atoms with Crippen molar-refractivity contribution in [3.05, 3.63) is 114 Å². The molecule has 2 aromatic carbocycles. The van der Waals surface area contributed by atoms with Gasteiger partial charge in [-0.25, -0.2) is 8.78 Å². The minimum absolute atomic E-state index is 0. The van der Waals surface area contributed by atoms with E-state index in [1.54, 1.807) is 24.3 Å². The number of alkyl halides is 3. The normalized spacial score (nSPS) is 12.1. The molecule has 0 aliphatic rings. The Kier molecular flexibility index (Phi) is 7.24. The van der Waals surface area contributed by atoms with E-state index in [0.29, 0.717) is 22.2 Å². The fourth-order valence-corrected chi connectivity index (χ4v) is 4.58. The van der Waals surface area contributed by atoms with Crippen molar-refractivity contribution < 1.29 is 43.0 Å². The van der Waals surface area contributed by atoms with Crippen LogP contribution in [0.25, 0.3) is 38.6 Å². The second-order valence-electron chi connectivity index (χ2n) is 9.71. The van der Waals surface area contributed by atoms with E-state index in [4.69, 9.17) is 9.97 Å². The molecule has 0 saturated heterocycles. The molecule has 4 heterocycles. The number of benzene rings is 2. The molecule has 0 atom stereocenters. The number of hydrogen-bond donors (Lipinski definition) is 0. The Balaban J connectivity index is 0.00000337. The van der Waals surface area contributed by atoms with Crippen molar-refractivity contribution >= 4 is 21.5 Å². The summed E-state index contributed by atoms with van der Waals surface area (Å²) < 4.78 is 69.2. The average Bonchev–Trinajstić information content (AvgIpc) is 3.43. The van der Waals surface area contributed by atoms with Crippen LogP contribution < -0.4 is 0 Å². The van der Waals surface area contributed by atoms with Gasteiger partial charge in [0.25, 0.3) is 0 Å². The monoisotopic (exact) mass is 738 g/mol. The van der Waals surface area contributed by atoms with Crippen LogP contribution in [0.3, 0.4) is 0 Å². The molecule has 0 spiro atoms. The van der Waals surface area contributed by atoms with Crippen molar-refractivity contribution in [3.8, 4) is 17.1 Å². The van der Waals surface area contributed by atoms with Crippen LogP contribution in [0, 0.1) is 24.2 Å². The van der Waals surface area contributed by atoms with Gasteiger partial charge in [-0.3, -0.25) is 20.1 Å². The van der Waals surface area contributed by atoms with Gasteiger partial charge >= 0.3 is 27.2 Å². The first-order chi connectivity index (χ1) is 19.0. The third-order valence-electron chi connectivity index (χ3n) is 6.75. The molecule has 0 amide bonds. The van der Waals surface area contributed by atoms with E-state index in [9.17, 15) is 22.0 Å². The summed E-state index contributed by atoms with van der Waals surface area (Å²) in [7, 11) is 0. The molecule has 6 rings (SSSR count). The largest absolute Gasteiger partial charge is 2.00 e. The molecule has 0 aliphatic carbocycles. The van der Waals surface area contributed by atoms with E-state index >= 15 is 0 Å². The number of rotatable bonds is 4. The molecule has 4 aromatic heterocycles. The number of halogens is 5. The van der Waals surface area contributed by atoms with Crippen molar-refractivity contribution in [1.29, 1.82) is 0 Å². The van der Waals surface area contributed by atoms with Crippen LogP contribution in [0.4, 0.5) is 22.0 Å².